The van der Waals surface area contributed by atoms with Gasteiger partial charge in [-0.25, -0.2) is 0 Å². The standard InChI is InChI=1S/C15H21ClN2O2/c1-12-3-4-13(14(16)11-12)15(20)18-6-2-5-17(7-8-18)9-10-19/h3-4,11,19H,2,5-10H2,1H3. The summed E-state index contributed by atoms with van der Waals surface area (Å²) in [5.41, 5.74) is 1.63. The minimum Gasteiger partial charge on any atom is -0.395 e. The van der Waals surface area contributed by atoms with Gasteiger partial charge in [0.2, 0.25) is 0 Å². The van der Waals surface area contributed by atoms with Crippen LogP contribution in [0.25, 0.3) is 0 Å². The van der Waals surface area contributed by atoms with Crippen LogP contribution in [0.5, 0.6) is 0 Å². The Morgan fingerprint density at radius 2 is 2.10 bits per heavy atom. The Morgan fingerprint density at radius 3 is 2.80 bits per heavy atom. The molecule has 1 aliphatic rings. The fourth-order valence-electron chi connectivity index (χ4n) is 2.50. The zero-order chi connectivity index (χ0) is 14.5. The first-order valence-electron chi connectivity index (χ1n) is 7.00. The molecule has 1 aliphatic heterocycles. The lowest BCUT2D eigenvalue weighted by Gasteiger charge is -2.22. The van der Waals surface area contributed by atoms with E-state index < -0.39 is 0 Å². The van der Waals surface area contributed by atoms with Crippen LogP contribution >= 0.6 is 11.6 Å². The monoisotopic (exact) mass is 296 g/mol. The van der Waals surface area contributed by atoms with Crippen molar-refractivity contribution < 1.29 is 9.90 Å². The van der Waals surface area contributed by atoms with Crippen LogP contribution in [0, 0.1) is 6.92 Å². The maximum Gasteiger partial charge on any atom is 0.255 e. The first-order chi connectivity index (χ1) is 9.61. The van der Waals surface area contributed by atoms with Crippen LogP contribution in [0.1, 0.15) is 22.3 Å². The van der Waals surface area contributed by atoms with Crippen LogP contribution < -0.4 is 0 Å². The second kappa shape index (κ2) is 7.07. The summed E-state index contributed by atoms with van der Waals surface area (Å²) in [4.78, 5) is 16.6. The van der Waals surface area contributed by atoms with E-state index in [9.17, 15) is 4.79 Å². The first kappa shape index (κ1) is 15.3. The number of aliphatic hydroxyl groups excluding tert-OH is 1. The second-order valence-corrected chi connectivity index (χ2v) is 5.60. The zero-order valence-corrected chi connectivity index (χ0v) is 12.6. The predicted octanol–water partition coefficient (Wildman–Crippen LogP) is 1.79. The van der Waals surface area contributed by atoms with Crippen LogP contribution in [0.3, 0.4) is 0 Å². The number of hydrogen-bond donors (Lipinski definition) is 1. The highest BCUT2D eigenvalue weighted by Crippen LogP contribution is 2.20. The molecule has 0 bridgehead atoms. The summed E-state index contributed by atoms with van der Waals surface area (Å²) in [6, 6.07) is 5.54. The number of rotatable bonds is 3. The molecular formula is C15H21ClN2O2. The fraction of sp³-hybridized carbons (Fsp3) is 0.533. The third kappa shape index (κ3) is 3.72. The molecule has 1 heterocycles. The van der Waals surface area contributed by atoms with Crippen molar-refractivity contribution in [2.75, 3.05) is 39.3 Å². The molecule has 0 aromatic heterocycles. The summed E-state index contributed by atoms with van der Waals surface area (Å²) in [6.45, 7) is 5.94. The quantitative estimate of drug-likeness (QED) is 0.925. The molecule has 2 rings (SSSR count). The Kier molecular flexibility index (Phi) is 5.40. The van der Waals surface area contributed by atoms with Crippen molar-refractivity contribution in [3.05, 3.63) is 34.3 Å². The molecule has 0 spiro atoms. The molecule has 4 nitrogen and oxygen atoms in total. The highest BCUT2D eigenvalue weighted by Gasteiger charge is 2.21. The number of amides is 1. The average molecular weight is 297 g/mol. The minimum absolute atomic E-state index is 0.000786. The largest absolute Gasteiger partial charge is 0.395 e. The first-order valence-corrected chi connectivity index (χ1v) is 7.38. The fourth-order valence-corrected chi connectivity index (χ4v) is 2.82. The second-order valence-electron chi connectivity index (χ2n) is 5.19. The van der Waals surface area contributed by atoms with Gasteiger partial charge in [0, 0.05) is 26.2 Å². The number of benzene rings is 1. The van der Waals surface area contributed by atoms with Crippen molar-refractivity contribution in [2.45, 2.75) is 13.3 Å². The highest BCUT2D eigenvalue weighted by molar-refractivity contribution is 6.33. The molecule has 1 saturated heterocycles. The van der Waals surface area contributed by atoms with Gasteiger partial charge in [0.25, 0.3) is 5.91 Å². The molecule has 0 radical (unpaired) electrons. The molecule has 20 heavy (non-hydrogen) atoms. The molecule has 0 saturated carbocycles. The van der Waals surface area contributed by atoms with Crippen molar-refractivity contribution in [3.8, 4) is 0 Å². The van der Waals surface area contributed by atoms with Gasteiger partial charge in [-0.15, -0.1) is 0 Å². The molecule has 1 N–H and O–H groups in total. The Hall–Kier alpha value is -1.10. The van der Waals surface area contributed by atoms with E-state index in [-0.39, 0.29) is 12.5 Å². The topological polar surface area (TPSA) is 43.8 Å². The summed E-state index contributed by atoms with van der Waals surface area (Å²) in [5, 5.41) is 9.51. The molecule has 1 aromatic carbocycles. The zero-order valence-electron chi connectivity index (χ0n) is 11.8. The van der Waals surface area contributed by atoms with Gasteiger partial charge in [0.05, 0.1) is 17.2 Å². The van der Waals surface area contributed by atoms with Gasteiger partial charge in [-0.05, 0) is 37.6 Å². The molecule has 0 unspecified atom stereocenters. The van der Waals surface area contributed by atoms with Crippen LogP contribution in [-0.2, 0) is 0 Å². The van der Waals surface area contributed by atoms with Crippen LogP contribution in [0.2, 0.25) is 5.02 Å². The van der Waals surface area contributed by atoms with E-state index in [1.165, 1.54) is 0 Å². The Balaban J connectivity index is 2.05. The summed E-state index contributed by atoms with van der Waals surface area (Å²) >= 11 is 6.17. The maximum absolute atomic E-state index is 12.5. The number of aliphatic hydroxyl groups is 1. The number of β-amino-alcohol motifs (C(OH)–C–C–N with tert-alkyl or cyclic N) is 1. The van der Waals surface area contributed by atoms with E-state index in [2.05, 4.69) is 4.90 Å². The average Bonchev–Trinajstić information content (AvgIpc) is 2.64. The van der Waals surface area contributed by atoms with Gasteiger partial charge < -0.3 is 10.0 Å². The molecule has 0 aliphatic carbocycles. The highest BCUT2D eigenvalue weighted by atomic mass is 35.5. The van der Waals surface area contributed by atoms with E-state index in [1.54, 1.807) is 6.07 Å². The van der Waals surface area contributed by atoms with Gasteiger partial charge in [0.1, 0.15) is 0 Å². The third-order valence-corrected chi connectivity index (χ3v) is 3.96. The van der Waals surface area contributed by atoms with Crippen molar-refractivity contribution in [1.82, 2.24) is 9.80 Å². The summed E-state index contributed by atoms with van der Waals surface area (Å²) < 4.78 is 0. The smallest absolute Gasteiger partial charge is 0.255 e. The van der Waals surface area contributed by atoms with Gasteiger partial charge in [-0.1, -0.05) is 17.7 Å². The normalized spacial score (nSPS) is 17.1. The number of carbonyl (C=O) groups is 1. The molecule has 5 heteroatoms. The summed E-state index contributed by atoms with van der Waals surface area (Å²) in [7, 11) is 0. The minimum atomic E-state index is 0.000786. The number of nitrogens with zero attached hydrogens (tertiary/aromatic N) is 2. The lowest BCUT2D eigenvalue weighted by molar-refractivity contribution is 0.0760. The van der Waals surface area contributed by atoms with E-state index in [0.29, 0.717) is 23.7 Å². The van der Waals surface area contributed by atoms with Gasteiger partial charge in [-0.3, -0.25) is 9.69 Å². The van der Waals surface area contributed by atoms with Gasteiger partial charge in [0.15, 0.2) is 0 Å². The molecule has 110 valence electrons. The van der Waals surface area contributed by atoms with E-state index in [4.69, 9.17) is 16.7 Å². The summed E-state index contributed by atoms with van der Waals surface area (Å²) in [6.07, 6.45) is 0.926. The van der Waals surface area contributed by atoms with Crippen LogP contribution in [0.15, 0.2) is 18.2 Å². The lowest BCUT2D eigenvalue weighted by atomic mass is 10.1. The molecule has 0 atom stereocenters. The van der Waals surface area contributed by atoms with E-state index >= 15 is 0 Å². The number of aryl methyl sites for hydroxylation is 1. The van der Waals surface area contributed by atoms with Crippen molar-refractivity contribution in [1.29, 1.82) is 0 Å². The van der Waals surface area contributed by atoms with Gasteiger partial charge >= 0.3 is 0 Å². The van der Waals surface area contributed by atoms with E-state index in [1.807, 2.05) is 24.0 Å². The molecule has 1 amide bonds. The lowest BCUT2D eigenvalue weighted by Crippen LogP contribution is -2.36. The van der Waals surface area contributed by atoms with Crippen LogP contribution in [-0.4, -0.2) is 60.1 Å². The van der Waals surface area contributed by atoms with Gasteiger partial charge in [-0.2, -0.15) is 0 Å². The van der Waals surface area contributed by atoms with Crippen LogP contribution in [0.4, 0.5) is 0 Å². The number of hydrogen-bond acceptors (Lipinski definition) is 3. The van der Waals surface area contributed by atoms with Crippen molar-refractivity contribution in [2.24, 2.45) is 0 Å². The third-order valence-electron chi connectivity index (χ3n) is 3.65. The predicted molar refractivity (Wildman–Crippen MR) is 80.2 cm³/mol. The SMILES string of the molecule is Cc1ccc(C(=O)N2CCCN(CCO)CC2)c(Cl)c1. The van der Waals surface area contributed by atoms with Crippen molar-refractivity contribution in [3.63, 3.8) is 0 Å². The number of halogens is 1. The Bertz CT molecular complexity index is 479. The molecule has 1 fully saturated rings. The van der Waals surface area contributed by atoms with Crippen molar-refractivity contribution >= 4 is 17.5 Å². The Labute approximate surface area is 124 Å². The van der Waals surface area contributed by atoms with E-state index in [0.717, 1.165) is 31.6 Å². The number of carbonyl (C=O) groups excluding carboxylic acids is 1. The Morgan fingerprint density at radius 1 is 1.30 bits per heavy atom. The molecular weight excluding hydrogens is 276 g/mol. The maximum atomic E-state index is 12.5. The summed E-state index contributed by atoms with van der Waals surface area (Å²) in [5.74, 6) is 0.000786. The molecule has 1 aromatic rings.